The molecule has 2 heterocycles. The molecule has 0 saturated carbocycles. The summed E-state index contributed by atoms with van der Waals surface area (Å²) >= 11 is 1.25. The van der Waals surface area contributed by atoms with Crippen molar-refractivity contribution < 1.29 is 28.2 Å². The monoisotopic (exact) mass is 483 g/mol. The summed E-state index contributed by atoms with van der Waals surface area (Å²) in [6, 6.07) is 10.3. The van der Waals surface area contributed by atoms with Gasteiger partial charge < -0.3 is 9.84 Å². The molecule has 4 rings (SSSR count). The van der Waals surface area contributed by atoms with E-state index >= 15 is 0 Å². The number of aliphatic hydroxyl groups excluding tert-OH is 1. The Morgan fingerprint density at radius 3 is 2.41 bits per heavy atom. The van der Waals surface area contributed by atoms with Gasteiger partial charge in [0.25, 0.3) is 11.7 Å². The normalized spacial score (nSPS) is 17.9. The zero-order valence-electron chi connectivity index (χ0n) is 19.1. The van der Waals surface area contributed by atoms with E-state index in [4.69, 9.17) is 4.74 Å². The highest BCUT2D eigenvalue weighted by molar-refractivity contribution is 7.10. The quantitative estimate of drug-likeness (QED) is 0.283. The van der Waals surface area contributed by atoms with Crippen LogP contribution >= 0.6 is 11.3 Å². The molecule has 3 aromatic rings. The molecule has 34 heavy (non-hydrogen) atoms. The van der Waals surface area contributed by atoms with E-state index in [1.54, 1.807) is 29.6 Å². The molecule has 0 aliphatic carbocycles. The number of ketones is 1. The van der Waals surface area contributed by atoms with Crippen LogP contribution < -0.4 is 9.64 Å². The predicted molar refractivity (Wildman–Crippen MR) is 127 cm³/mol. The molecule has 1 N–H and O–H groups in total. The molecule has 1 aliphatic rings. The van der Waals surface area contributed by atoms with E-state index in [1.165, 1.54) is 18.4 Å². The van der Waals surface area contributed by atoms with E-state index in [2.05, 4.69) is 0 Å². The van der Waals surface area contributed by atoms with E-state index in [9.17, 15) is 23.5 Å². The predicted octanol–water partition coefficient (Wildman–Crippen LogP) is 5.96. The van der Waals surface area contributed by atoms with E-state index in [0.717, 1.165) is 22.6 Å². The Morgan fingerprint density at radius 2 is 1.82 bits per heavy atom. The Labute approximate surface area is 199 Å². The lowest BCUT2D eigenvalue weighted by atomic mass is 9.85. The lowest BCUT2D eigenvalue weighted by Gasteiger charge is -2.25. The second-order valence-electron chi connectivity index (χ2n) is 8.95. The third-order valence-electron chi connectivity index (χ3n) is 5.75. The summed E-state index contributed by atoms with van der Waals surface area (Å²) in [5, 5.41) is 13.2. The van der Waals surface area contributed by atoms with Crippen LogP contribution in [0.5, 0.6) is 5.75 Å². The molecule has 0 bridgehead atoms. The van der Waals surface area contributed by atoms with Crippen molar-refractivity contribution in [3.05, 3.63) is 87.1 Å². The molecular formula is C26H23F2NO4S. The van der Waals surface area contributed by atoms with Crippen LogP contribution in [0, 0.1) is 11.6 Å². The first-order valence-electron chi connectivity index (χ1n) is 10.5. The van der Waals surface area contributed by atoms with E-state index in [0.29, 0.717) is 16.7 Å². The molecule has 0 radical (unpaired) electrons. The Balaban J connectivity index is 1.98. The Bertz CT molecular complexity index is 1310. The minimum Gasteiger partial charge on any atom is -0.507 e. The van der Waals surface area contributed by atoms with Gasteiger partial charge in [0.1, 0.15) is 29.2 Å². The molecule has 1 unspecified atom stereocenters. The minimum absolute atomic E-state index is 0.194. The van der Waals surface area contributed by atoms with Gasteiger partial charge in [0.2, 0.25) is 0 Å². The second kappa shape index (κ2) is 8.68. The zero-order chi connectivity index (χ0) is 24.8. The van der Waals surface area contributed by atoms with Crippen molar-refractivity contribution in [1.29, 1.82) is 0 Å². The maximum absolute atomic E-state index is 14.7. The summed E-state index contributed by atoms with van der Waals surface area (Å²) in [7, 11) is 1.44. The third kappa shape index (κ3) is 3.98. The number of rotatable bonds is 4. The van der Waals surface area contributed by atoms with Gasteiger partial charge in [0.05, 0.1) is 23.9 Å². The van der Waals surface area contributed by atoms with Crippen LogP contribution in [0.4, 0.5) is 14.5 Å². The van der Waals surface area contributed by atoms with Crippen molar-refractivity contribution in [2.45, 2.75) is 32.2 Å². The van der Waals surface area contributed by atoms with Gasteiger partial charge in [-0.05, 0) is 46.7 Å². The Morgan fingerprint density at radius 1 is 1.09 bits per heavy atom. The van der Waals surface area contributed by atoms with Crippen LogP contribution in [0.1, 0.15) is 42.8 Å². The zero-order valence-corrected chi connectivity index (χ0v) is 19.9. The summed E-state index contributed by atoms with van der Waals surface area (Å²) in [4.78, 5) is 27.9. The molecule has 1 saturated heterocycles. The number of carbonyl (C=O) groups excluding carboxylic acids is 2. The number of hydrogen-bond donors (Lipinski definition) is 1. The fourth-order valence-corrected chi connectivity index (χ4v) is 4.80. The molecule has 1 atom stereocenters. The molecule has 1 aromatic heterocycles. The first-order valence-corrected chi connectivity index (χ1v) is 11.4. The fourth-order valence-electron chi connectivity index (χ4n) is 3.98. The van der Waals surface area contributed by atoms with E-state index in [-0.39, 0.29) is 22.2 Å². The molecular weight excluding hydrogens is 460 g/mol. The number of thiophene rings is 1. The SMILES string of the molecule is COc1ccc(C(C)(C)C)cc1/C(O)=C1\C(=O)C(=O)N(c2ccc(F)cc2F)C1c1cccs1. The third-order valence-corrected chi connectivity index (χ3v) is 6.67. The van der Waals surface area contributed by atoms with Gasteiger partial charge in [-0.25, -0.2) is 8.78 Å². The molecule has 176 valence electrons. The van der Waals surface area contributed by atoms with Crippen LogP contribution in [-0.4, -0.2) is 23.9 Å². The summed E-state index contributed by atoms with van der Waals surface area (Å²) in [6.45, 7) is 6.00. The van der Waals surface area contributed by atoms with Crippen LogP contribution in [0.15, 0.2) is 59.5 Å². The van der Waals surface area contributed by atoms with Crippen molar-refractivity contribution in [3.8, 4) is 5.75 Å². The topological polar surface area (TPSA) is 66.8 Å². The van der Waals surface area contributed by atoms with Gasteiger partial charge in [-0.15, -0.1) is 11.3 Å². The summed E-state index contributed by atoms with van der Waals surface area (Å²) in [5.74, 6) is -3.90. The maximum atomic E-state index is 14.7. The number of ether oxygens (including phenoxy) is 1. The van der Waals surface area contributed by atoms with Crippen molar-refractivity contribution >= 4 is 34.5 Å². The van der Waals surface area contributed by atoms with Crippen LogP contribution in [-0.2, 0) is 15.0 Å². The van der Waals surface area contributed by atoms with Gasteiger partial charge >= 0.3 is 0 Å². The number of hydrogen-bond acceptors (Lipinski definition) is 5. The van der Waals surface area contributed by atoms with Gasteiger partial charge in [-0.3, -0.25) is 14.5 Å². The highest BCUT2D eigenvalue weighted by Crippen LogP contribution is 2.45. The van der Waals surface area contributed by atoms with E-state index in [1.807, 2.05) is 26.8 Å². The Kier molecular flexibility index (Phi) is 6.03. The Hall–Kier alpha value is -3.52. The number of aliphatic hydroxyl groups is 1. The lowest BCUT2D eigenvalue weighted by molar-refractivity contribution is -0.132. The summed E-state index contributed by atoms with van der Waals surface area (Å²) < 4.78 is 33.7. The molecule has 1 fully saturated rings. The lowest BCUT2D eigenvalue weighted by Crippen LogP contribution is -2.30. The summed E-state index contributed by atoms with van der Waals surface area (Å²) in [6.07, 6.45) is 0. The highest BCUT2D eigenvalue weighted by Gasteiger charge is 2.48. The molecule has 8 heteroatoms. The second-order valence-corrected chi connectivity index (χ2v) is 9.92. The molecule has 2 aromatic carbocycles. The number of nitrogens with zero attached hydrogens (tertiary/aromatic N) is 1. The van der Waals surface area contributed by atoms with Crippen molar-refractivity contribution in [3.63, 3.8) is 0 Å². The largest absolute Gasteiger partial charge is 0.507 e. The fraction of sp³-hybridized carbons (Fsp3) is 0.231. The van der Waals surface area contributed by atoms with Crippen molar-refractivity contribution in [2.24, 2.45) is 0 Å². The van der Waals surface area contributed by atoms with Crippen molar-refractivity contribution in [2.75, 3.05) is 12.0 Å². The van der Waals surface area contributed by atoms with Gasteiger partial charge in [-0.2, -0.15) is 0 Å². The minimum atomic E-state index is -1.09. The van der Waals surface area contributed by atoms with Crippen molar-refractivity contribution in [1.82, 2.24) is 0 Å². The molecule has 5 nitrogen and oxygen atoms in total. The molecule has 1 amide bonds. The average molecular weight is 484 g/mol. The van der Waals surface area contributed by atoms with Crippen LogP contribution in [0.2, 0.25) is 0 Å². The smallest absolute Gasteiger partial charge is 0.300 e. The number of amides is 1. The average Bonchev–Trinajstić information content (AvgIpc) is 3.40. The number of carbonyl (C=O) groups is 2. The van der Waals surface area contributed by atoms with Gasteiger partial charge in [0, 0.05) is 10.9 Å². The number of anilines is 1. The maximum Gasteiger partial charge on any atom is 0.300 e. The molecule has 0 spiro atoms. The standard InChI is InChI=1S/C26H23F2NO4S/c1-26(2,3)14-7-10-19(33-4)16(12-14)23(30)21-22(20-6-5-11-34-20)29(25(32)24(21)31)18-9-8-15(27)13-17(18)28/h5-13,22,30H,1-4H3/b23-21+. The van der Waals surface area contributed by atoms with E-state index < -0.39 is 35.1 Å². The number of Topliss-reactive ketones (excluding diaryl/α,β-unsaturated/α-hetero) is 1. The molecule has 1 aliphatic heterocycles. The first kappa shape index (κ1) is 23.6. The first-order chi connectivity index (χ1) is 16.0. The van der Waals surface area contributed by atoms with Gasteiger partial charge in [0.15, 0.2) is 0 Å². The highest BCUT2D eigenvalue weighted by atomic mass is 32.1. The van der Waals surface area contributed by atoms with Gasteiger partial charge in [-0.1, -0.05) is 32.9 Å². The number of halogens is 2. The van der Waals surface area contributed by atoms with Crippen LogP contribution in [0.3, 0.4) is 0 Å². The number of benzene rings is 2. The van der Waals surface area contributed by atoms with Crippen LogP contribution in [0.25, 0.3) is 5.76 Å². The summed E-state index contributed by atoms with van der Waals surface area (Å²) in [5.41, 5.74) is 0.407. The number of methoxy groups -OCH3 is 1.